The average Bonchev–Trinajstić information content (AvgIpc) is 2.72. The smallest absolute Gasteiger partial charge is 0.0464 e. The number of hydrogen-bond donors (Lipinski definition) is 2. The van der Waals surface area contributed by atoms with Gasteiger partial charge in [-0.15, -0.1) is 0 Å². The van der Waals surface area contributed by atoms with Crippen molar-refractivity contribution in [2.45, 2.75) is 25.3 Å². The first-order valence-corrected chi connectivity index (χ1v) is 6.39. The molecule has 1 aromatic rings. The summed E-state index contributed by atoms with van der Waals surface area (Å²) in [5.74, 6) is 0. The van der Waals surface area contributed by atoms with Gasteiger partial charge in [-0.3, -0.25) is 0 Å². The van der Waals surface area contributed by atoms with Gasteiger partial charge in [0.2, 0.25) is 0 Å². The van der Waals surface area contributed by atoms with Gasteiger partial charge >= 0.3 is 0 Å². The lowest BCUT2D eigenvalue weighted by atomic mass is 9.93. The Kier molecular flexibility index (Phi) is 2.45. The van der Waals surface area contributed by atoms with Crippen molar-refractivity contribution in [2.75, 3.05) is 17.2 Å². The summed E-state index contributed by atoms with van der Waals surface area (Å²) in [6.07, 6.45) is 8.40. The average molecular weight is 241 g/mol. The van der Waals surface area contributed by atoms with E-state index in [2.05, 4.69) is 35.3 Å². The maximum absolute atomic E-state index is 6.09. The number of benzene rings is 1. The van der Waals surface area contributed by atoms with Crippen molar-refractivity contribution >= 4 is 11.4 Å². The quantitative estimate of drug-likeness (QED) is 0.741. The normalized spacial score (nSPS) is 26.1. The summed E-state index contributed by atoms with van der Waals surface area (Å²) in [6.45, 7) is 3.07. The Morgan fingerprint density at radius 3 is 2.89 bits per heavy atom. The number of fused-ring (bicyclic) bond motifs is 1. The molecule has 3 rings (SSSR count). The minimum Gasteiger partial charge on any atom is -0.399 e. The Morgan fingerprint density at radius 1 is 1.33 bits per heavy atom. The zero-order chi connectivity index (χ0) is 12.8. The van der Waals surface area contributed by atoms with Gasteiger partial charge < -0.3 is 16.4 Å². The minimum atomic E-state index is -0.207. The highest BCUT2D eigenvalue weighted by atomic mass is 15.2. The van der Waals surface area contributed by atoms with E-state index < -0.39 is 0 Å². The fourth-order valence-corrected chi connectivity index (χ4v) is 2.60. The summed E-state index contributed by atoms with van der Waals surface area (Å²) in [4.78, 5) is 2.33. The molecule has 2 aliphatic rings. The summed E-state index contributed by atoms with van der Waals surface area (Å²) in [5, 5.41) is 0. The molecule has 3 heteroatoms. The zero-order valence-corrected chi connectivity index (χ0v) is 10.7. The molecule has 1 unspecified atom stereocenters. The predicted octanol–water partition coefficient (Wildman–Crippen LogP) is 2.19. The number of nitrogens with two attached hydrogens (primary N) is 2. The topological polar surface area (TPSA) is 55.3 Å². The second kappa shape index (κ2) is 3.89. The van der Waals surface area contributed by atoms with Crippen LogP contribution in [0.5, 0.6) is 0 Å². The minimum absolute atomic E-state index is 0.207. The predicted molar refractivity (Wildman–Crippen MR) is 76.3 cm³/mol. The molecular weight excluding hydrogens is 222 g/mol. The summed E-state index contributed by atoms with van der Waals surface area (Å²) >= 11 is 0. The third-order valence-corrected chi connectivity index (χ3v) is 3.70. The molecule has 0 saturated carbocycles. The van der Waals surface area contributed by atoms with Crippen molar-refractivity contribution in [1.29, 1.82) is 0 Å². The van der Waals surface area contributed by atoms with E-state index in [0.29, 0.717) is 0 Å². The largest absolute Gasteiger partial charge is 0.399 e. The highest BCUT2D eigenvalue weighted by Gasteiger charge is 2.24. The van der Waals surface area contributed by atoms with Crippen molar-refractivity contribution in [2.24, 2.45) is 5.73 Å². The van der Waals surface area contributed by atoms with Gasteiger partial charge in [-0.05, 0) is 43.5 Å². The maximum Gasteiger partial charge on any atom is 0.0464 e. The maximum atomic E-state index is 6.09. The van der Waals surface area contributed by atoms with E-state index in [1.807, 2.05) is 13.0 Å². The summed E-state index contributed by atoms with van der Waals surface area (Å²) in [7, 11) is 0. The van der Waals surface area contributed by atoms with Crippen molar-refractivity contribution in [3.8, 4) is 0 Å². The van der Waals surface area contributed by atoms with Crippen LogP contribution in [0, 0.1) is 0 Å². The van der Waals surface area contributed by atoms with E-state index in [1.165, 1.54) is 16.9 Å². The summed E-state index contributed by atoms with van der Waals surface area (Å²) < 4.78 is 0. The van der Waals surface area contributed by atoms with Crippen LogP contribution in [-0.2, 0) is 6.42 Å². The number of rotatable bonds is 1. The van der Waals surface area contributed by atoms with Crippen LogP contribution in [0.1, 0.15) is 18.9 Å². The van der Waals surface area contributed by atoms with Gasteiger partial charge in [0, 0.05) is 29.2 Å². The molecule has 94 valence electrons. The fourth-order valence-electron chi connectivity index (χ4n) is 2.60. The number of anilines is 2. The Hall–Kier alpha value is -1.74. The van der Waals surface area contributed by atoms with E-state index in [4.69, 9.17) is 11.5 Å². The Morgan fingerprint density at radius 2 is 2.17 bits per heavy atom. The van der Waals surface area contributed by atoms with Crippen LogP contribution in [0.15, 0.2) is 42.1 Å². The molecule has 1 aliphatic carbocycles. The van der Waals surface area contributed by atoms with Crippen LogP contribution in [-0.4, -0.2) is 12.1 Å². The van der Waals surface area contributed by atoms with E-state index in [0.717, 1.165) is 25.1 Å². The summed E-state index contributed by atoms with van der Waals surface area (Å²) in [5.41, 5.74) is 16.4. The van der Waals surface area contributed by atoms with Gasteiger partial charge in [-0.1, -0.05) is 18.2 Å². The second-order valence-electron chi connectivity index (χ2n) is 5.46. The number of hydrogen-bond acceptors (Lipinski definition) is 3. The third-order valence-electron chi connectivity index (χ3n) is 3.70. The fraction of sp³-hybridized carbons (Fsp3) is 0.333. The van der Waals surface area contributed by atoms with Crippen LogP contribution in [0.2, 0.25) is 0 Å². The lowest BCUT2D eigenvalue weighted by molar-refractivity contribution is 0.584. The molecule has 1 aromatic carbocycles. The molecule has 3 nitrogen and oxygen atoms in total. The van der Waals surface area contributed by atoms with Crippen molar-refractivity contribution in [3.63, 3.8) is 0 Å². The van der Waals surface area contributed by atoms with Crippen LogP contribution in [0.25, 0.3) is 0 Å². The van der Waals surface area contributed by atoms with Gasteiger partial charge in [0.25, 0.3) is 0 Å². The van der Waals surface area contributed by atoms with E-state index in [1.54, 1.807) is 0 Å². The molecule has 1 atom stereocenters. The SMILES string of the molecule is CC1(N)C=CC(N2CCc3ccc(N)cc32)=CC1. The number of allylic oxidation sites excluding steroid dienone is 1. The standard InChI is InChI=1S/C15H19N3/c1-15(17)7-4-13(5-8-15)18-9-6-11-2-3-12(16)10-14(11)18/h2-5,7,10H,6,8-9,16-17H2,1H3. The Labute approximate surface area is 108 Å². The molecule has 0 aromatic heterocycles. The first kappa shape index (κ1) is 11.4. The third kappa shape index (κ3) is 1.91. The van der Waals surface area contributed by atoms with Gasteiger partial charge in [0.15, 0.2) is 0 Å². The number of nitrogens with zero attached hydrogens (tertiary/aromatic N) is 1. The van der Waals surface area contributed by atoms with Gasteiger partial charge in [-0.2, -0.15) is 0 Å². The molecule has 0 saturated heterocycles. The van der Waals surface area contributed by atoms with Crippen molar-refractivity contribution in [3.05, 3.63) is 47.7 Å². The van der Waals surface area contributed by atoms with E-state index in [-0.39, 0.29) is 5.54 Å². The van der Waals surface area contributed by atoms with Gasteiger partial charge in [0.05, 0.1) is 0 Å². The zero-order valence-electron chi connectivity index (χ0n) is 10.7. The van der Waals surface area contributed by atoms with Crippen LogP contribution < -0.4 is 16.4 Å². The van der Waals surface area contributed by atoms with E-state index >= 15 is 0 Å². The van der Waals surface area contributed by atoms with Crippen molar-refractivity contribution < 1.29 is 0 Å². The lowest BCUT2D eigenvalue weighted by Crippen LogP contribution is -2.35. The second-order valence-corrected chi connectivity index (χ2v) is 5.46. The van der Waals surface area contributed by atoms with E-state index in [9.17, 15) is 0 Å². The van der Waals surface area contributed by atoms with Gasteiger partial charge in [-0.25, -0.2) is 0 Å². The molecular formula is C15H19N3. The Balaban J connectivity index is 1.92. The van der Waals surface area contributed by atoms with Gasteiger partial charge in [0.1, 0.15) is 0 Å². The molecule has 1 heterocycles. The molecule has 1 aliphatic heterocycles. The monoisotopic (exact) mass is 241 g/mol. The van der Waals surface area contributed by atoms with Crippen LogP contribution >= 0.6 is 0 Å². The first-order chi connectivity index (χ1) is 8.55. The molecule has 4 N–H and O–H groups in total. The first-order valence-electron chi connectivity index (χ1n) is 6.39. The summed E-state index contributed by atoms with van der Waals surface area (Å²) in [6, 6.07) is 6.17. The van der Waals surface area contributed by atoms with Crippen molar-refractivity contribution in [1.82, 2.24) is 0 Å². The molecule has 0 bridgehead atoms. The lowest BCUT2D eigenvalue weighted by Gasteiger charge is -2.28. The highest BCUT2D eigenvalue weighted by Crippen LogP contribution is 2.34. The molecule has 0 radical (unpaired) electrons. The molecule has 18 heavy (non-hydrogen) atoms. The number of nitrogen functional groups attached to an aromatic ring is 1. The Bertz CT molecular complexity index is 541. The molecule has 0 spiro atoms. The highest BCUT2D eigenvalue weighted by molar-refractivity contribution is 5.68. The van der Waals surface area contributed by atoms with Crippen LogP contribution in [0.4, 0.5) is 11.4 Å². The molecule has 0 fully saturated rings. The van der Waals surface area contributed by atoms with Crippen LogP contribution in [0.3, 0.4) is 0 Å². The molecule has 0 amide bonds.